The number of aliphatic hydroxyl groups is 1. The Labute approximate surface area is 218 Å². The van der Waals surface area contributed by atoms with Crippen molar-refractivity contribution in [1.29, 1.82) is 0 Å². The molecule has 2 aromatic rings. The fourth-order valence-electron chi connectivity index (χ4n) is 6.07. The molecule has 1 saturated heterocycles. The van der Waals surface area contributed by atoms with Gasteiger partial charge in [0.05, 0.1) is 31.1 Å². The van der Waals surface area contributed by atoms with Gasteiger partial charge in [0, 0.05) is 11.6 Å². The van der Waals surface area contributed by atoms with E-state index in [1.54, 1.807) is 11.8 Å². The summed E-state index contributed by atoms with van der Waals surface area (Å²) in [5, 5.41) is 15.4. The minimum absolute atomic E-state index is 0.0819. The number of allylic oxidation sites excluding steroid dienone is 1. The topological polar surface area (TPSA) is 95.9 Å². The number of fused-ring (bicyclic) bond motifs is 2. The van der Waals surface area contributed by atoms with Crippen LogP contribution in [0.3, 0.4) is 0 Å². The zero-order valence-electron chi connectivity index (χ0n) is 22.1. The molecule has 1 aliphatic carbocycles. The summed E-state index contributed by atoms with van der Waals surface area (Å²) in [6.07, 6.45) is 5.54. The van der Waals surface area contributed by atoms with E-state index in [-0.39, 0.29) is 36.9 Å². The Balaban J connectivity index is 1.74. The van der Waals surface area contributed by atoms with E-state index in [4.69, 9.17) is 4.74 Å². The summed E-state index contributed by atoms with van der Waals surface area (Å²) in [6, 6.07) is 12.2. The van der Waals surface area contributed by atoms with Crippen molar-refractivity contribution in [2.24, 2.45) is 29.6 Å². The molecule has 4 rings (SSSR count). The highest BCUT2D eigenvalue weighted by atomic mass is 16.5. The van der Waals surface area contributed by atoms with Crippen LogP contribution in [0.5, 0.6) is 0 Å². The monoisotopic (exact) mass is 506 g/mol. The van der Waals surface area contributed by atoms with Crippen molar-refractivity contribution in [2.75, 3.05) is 18.5 Å². The molecule has 198 valence electrons. The molecule has 0 radical (unpaired) electrons. The van der Waals surface area contributed by atoms with Crippen molar-refractivity contribution in [3.63, 3.8) is 0 Å². The van der Waals surface area contributed by atoms with Gasteiger partial charge in [0.1, 0.15) is 6.04 Å². The largest absolute Gasteiger partial charge is 0.466 e. The summed E-state index contributed by atoms with van der Waals surface area (Å²) in [7, 11) is 0. The van der Waals surface area contributed by atoms with Gasteiger partial charge in [0.2, 0.25) is 11.8 Å². The van der Waals surface area contributed by atoms with Gasteiger partial charge in [-0.25, -0.2) is 0 Å². The predicted octanol–water partition coefficient (Wildman–Crippen LogP) is 4.40. The molecule has 0 unspecified atom stereocenters. The molecule has 1 heterocycles. The Morgan fingerprint density at radius 3 is 2.46 bits per heavy atom. The number of rotatable bonds is 9. The SMILES string of the molecule is CCC[C@@H]1C=C[C@H]2[C@@H](C(=O)N([C@@H](CO)C(C)C)[C@@H]2C(=O)Nc2ccc3ccccc3c2)[C@@H]1C(=O)OCC. The van der Waals surface area contributed by atoms with E-state index in [9.17, 15) is 19.5 Å². The molecule has 1 aliphatic heterocycles. The number of ether oxygens (including phenoxy) is 1. The summed E-state index contributed by atoms with van der Waals surface area (Å²) < 4.78 is 5.42. The Bertz CT molecular complexity index is 1180. The van der Waals surface area contributed by atoms with Crippen LogP contribution in [0.25, 0.3) is 10.8 Å². The molecular weight excluding hydrogens is 468 g/mol. The van der Waals surface area contributed by atoms with Crippen molar-refractivity contribution in [3.8, 4) is 0 Å². The number of benzene rings is 2. The number of amides is 2. The van der Waals surface area contributed by atoms with Gasteiger partial charge in [0.25, 0.3) is 0 Å². The second-order valence-corrected chi connectivity index (χ2v) is 10.5. The van der Waals surface area contributed by atoms with Crippen LogP contribution in [0, 0.1) is 29.6 Å². The first-order valence-corrected chi connectivity index (χ1v) is 13.4. The van der Waals surface area contributed by atoms with Crippen molar-refractivity contribution in [3.05, 3.63) is 54.6 Å². The Morgan fingerprint density at radius 1 is 1.08 bits per heavy atom. The van der Waals surface area contributed by atoms with Crippen LogP contribution in [-0.4, -0.2) is 53.1 Å². The van der Waals surface area contributed by atoms with Crippen LogP contribution in [0.1, 0.15) is 40.5 Å². The van der Waals surface area contributed by atoms with E-state index in [2.05, 4.69) is 5.32 Å². The van der Waals surface area contributed by atoms with Crippen LogP contribution < -0.4 is 5.32 Å². The molecule has 37 heavy (non-hydrogen) atoms. The molecule has 7 heteroatoms. The molecular formula is C30H38N2O5. The summed E-state index contributed by atoms with van der Waals surface area (Å²) in [5.41, 5.74) is 0.634. The van der Waals surface area contributed by atoms with Crippen LogP contribution in [0.15, 0.2) is 54.6 Å². The maximum absolute atomic E-state index is 14.0. The van der Waals surface area contributed by atoms with Gasteiger partial charge < -0.3 is 20.1 Å². The first kappa shape index (κ1) is 26.9. The van der Waals surface area contributed by atoms with Gasteiger partial charge in [-0.2, -0.15) is 0 Å². The minimum atomic E-state index is -0.848. The van der Waals surface area contributed by atoms with Crippen LogP contribution >= 0.6 is 0 Å². The van der Waals surface area contributed by atoms with Crippen LogP contribution in [0.2, 0.25) is 0 Å². The molecule has 2 N–H and O–H groups in total. The van der Waals surface area contributed by atoms with Gasteiger partial charge >= 0.3 is 5.97 Å². The van der Waals surface area contributed by atoms with Gasteiger partial charge in [-0.05, 0) is 48.1 Å². The number of aliphatic hydroxyl groups excluding tert-OH is 1. The number of nitrogens with one attached hydrogen (secondary N) is 1. The molecule has 0 spiro atoms. The number of anilines is 1. The lowest BCUT2D eigenvalue weighted by atomic mass is 9.69. The summed E-state index contributed by atoms with van der Waals surface area (Å²) in [5.74, 6) is -3.06. The number of hydrogen-bond donors (Lipinski definition) is 2. The average Bonchev–Trinajstić information content (AvgIpc) is 3.16. The Morgan fingerprint density at radius 2 is 1.81 bits per heavy atom. The Kier molecular flexibility index (Phi) is 8.32. The van der Waals surface area contributed by atoms with Gasteiger partial charge in [-0.3, -0.25) is 14.4 Å². The van der Waals surface area contributed by atoms with Crippen molar-refractivity contribution < 1.29 is 24.2 Å². The molecule has 1 fully saturated rings. The third-order valence-electron chi connectivity index (χ3n) is 7.83. The quantitative estimate of drug-likeness (QED) is 0.388. The lowest BCUT2D eigenvalue weighted by Gasteiger charge is -2.35. The molecule has 0 aromatic heterocycles. The first-order valence-electron chi connectivity index (χ1n) is 13.4. The summed E-state index contributed by atoms with van der Waals surface area (Å²) in [4.78, 5) is 42.6. The molecule has 0 saturated carbocycles. The predicted molar refractivity (Wildman–Crippen MR) is 144 cm³/mol. The number of hydrogen-bond acceptors (Lipinski definition) is 5. The number of nitrogens with zero attached hydrogens (tertiary/aromatic N) is 1. The highest BCUT2D eigenvalue weighted by Gasteiger charge is 2.59. The van der Waals surface area contributed by atoms with Crippen molar-refractivity contribution in [2.45, 2.75) is 52.6 Å². The van der Waals surface area contributed by atoms with E-state index >= 15 is 0 Å². The van der Waals surface area contributed by atoms with E-state index in [0.29, 0.717) is 5.69 Å². The van der Waals surface area contributed by atoms with Gasteiger partial charge in [-0.1, -0.05) is 69.7 Å². The van der Waals surface area contributed by atoms with E-state index in [1.165, 1.54) is 0 Å². The molecule has 6 atom stereocenters. The summed E-state index contributed by atoms with van der Waals surface area (Å²) in [6.45, 7) is 7.61. The number of carbonyl (C=O) groups is 3. The highest BCUT2D eigenvalue weighted by molar-refractivity contribution is 6.02. The second-order valence-electron chi connectivity index (χ2n) is 10.5. The second kappa shape index (κ2) is 11.5. The van der Waals surface area contributed by atoms with Crippen molar-refractivity contribution >= 4 is 34.2 Å². The minimum Gasteiger partial charge on any atom is -0.466 e. The van der Waals surface area contributed by atoms with E-state index in [0.717, 1.165) is 23.6 Å². The van der Waals surface area contributed by atoms with Gasteiger partial charge in [0.15, 0.2) is 0 Å². The highest BCUT2D eigenvalue weighted by Crippen LogP contribution is 2.47. The number of esters is 1. The van der Waals surface area contributed by atoms with Crippen LogP contribution in [-0.2, 0) is 19.1 Å². The number of likely N-dealkylation sites (tertiary alicyclic amines) is 1. The fourth-order valence-corrected chi connectivity index (χ4v) is 6.07. The molecule has 2 amide bonds. The third kappa shape index (κ3) is 5.14. The standard InChI is InChI=1S/C30H38N2O5/c1-5-9-20-13-15-23-26(25(20)30(36)37-6-2)29(35)32(24(17-33)18(3)4)27(23)28(34)31-22-14-12-19-10-7-8-11-21(19)16-22/h7-8,10-16,18,20,23-27,33H,5-6,9,17H2,1-4H3,(H,31,34)/t20-,23+,24+,25-,26-,27+/m1/s1. The van der Waals surface area contributed by atoms with Gasteiger partial charge in [-0.15, -0.1) is 0 Å². The molecule has 2 aliphatic rings. The lowest BCUT2D eigenvalue weighted by molar-refractivity contribution is -0.156. The first-order chi connectivity index (χ1) is 17.8. The van der Waals surface area contributed by atoms with E-state index in [1.807, 2.05) is 75.4 Å². The third-order valence-corrected chi connectivity index (χ3v) is 7.83. The van der Waals surface area contributed by atoms with Crippen LogP contribution in [0.4, 0.5) is 5.69 Å². The molecule has 0 bridgehead atoms. The maximum Gasteiger partial charge on any atom is 0.310 e. The maximum atomic E-state index is 14.0. The smallest absolute Gasteiger partial charge is 0.310 e. The zero-order valence-corrected chi connectivity index (χ0v) is 22.1. The Hall–Kier alpha value is -3.19. The normalized spacial score (nSPS) is 25.8. The molecule has 7 nitrogen and oxygen atoms in total. The average molecular weight is 507 g/mol. The molecule has 2 aromatic carbocycles. The van der Waals surface area contributed by atoms with Crippen molar-refractivity contribution in [1.82, 2.24) is 4.90 Å². The number of carbonyl (C=O) groups excluding carboxylic acids is 3. The van der Waals surface area contributed by atoms with E-state index < -0.39 is 35.8 Å². The lowest BCUT2D eigenvalue weighted by Crippen LogP contribution is -2.52. The zero-order chi connectivity index (χ0) is 26.7. The summed E-state index contributed by atoms with van der Waals surface area (Å²) >= 11 is 0. The fraction of sp³-hybridized carbons (Fsp3) is 0.500.